The van der Waals surface area contributed by atoms with Crippen LogP contribution < -0.4 is 4.90 Å². The van der Waals surface area contributed by atoms with E-state index in [4.69, 9.17) is 16.0 Å². The Labute approximate surface area is 180 Å². The molecule has 2 aliphatic rings. The van der Waals surface area contributed by atoms with Crippen LogP contribution in [0.3, 0.4) is 0 Å². The Morgan fingerprint density at radius 2 is 1.77 bits per heavy atom. The highest BCUT2D eigenvalue weighted by Gasteiger charge is 2.69. The minimum absolute atomic E-state index is 0.0541. The fourth-order valence-corrected chi connectivity index (χ4v) is 4.74. The topological polar surface area (TPSA) is 70.8 Å². The van der Waals surface area contributed by atoms with Crippen LogP contribution in [0, 0.1) is 16.7 Å². The second-order valence-corrected chi connectivity index (χ2v) is 9.62. The van der Waals surface area contributed by atoms with Gasteiger partial charge in [-0.1, -0.05) is 39.3 Å². The molecule has 1 aromatic carbocycles. The highest BCUT2D eigenvalue weighted by Crippen LogP contribution is 2.69. The number of hydrogen-bond donors (Lipinski definition) is 0. The summed E-state index contributed by atoms with van der Waals surface area (Å²) in [6.45, 7) is 8.38. The number of rotatable bonds is 5. The average Bonchev–Trinajstić information content (AvgIpc) is 3.10. The largest absolute Gasteiger partial charge is 0.467 e. The summed E-state index contributed by atoms with van der Waals surface area (Å²) in [5, 5.41) is 0.516. The molecule has 1 aliphatic carbocycles. The van der Waals surface area contributed by atoms with E-state index >= 15 is 0 Å². The number of hydrogen-bond acceptors (Lipinski definition) is 4. The first-order chi connectivity index (χ1) is 14.1. The molecule has 4 rings (SSSR count). The lowest BCUT2D eigenvalue weighted by Crippen LogP contribution is -2.46. The van der Waals surface area contributed by atoms with Crippen molar-refractivity contribution in [1.82, 2.24) is 4.90 Å². The fraction of sp³-hybridized carbons (Fsp3) is 0.435. The molecular weight excluding hydrogens is 404 g/mol. The van der Waals surface area contributed by atoms with E-state index in [2.05, 4.69) is 27.7 Å². The minimum atomic E-state index is -0.863. The van der Waals surface area contributed by atoms with E-state index in [9.17, 15) is 14.4 Å². The van der Waals surface area contributed by atoms with Crippen LogP contribution in [-0.2, 0) is 20.9 Å². The summed E-state index contributed by atoms with van der Waals surface area (Å²) in [6, 6.07) is 9.17. The summed E-state index contributed by atoms with van der Waals surface area (Å²) in [6.07, 6.45) is 1.48. The van der Waals surface area contributed by atoms with E-state index in [1.807, 2.05) is 0 Å². The average molecular weight is 429 g/mol. The zero-order valence-corrected chi connectivity index (χ0v) is 18.3. The van der Waals surface area contributed by atoms with E-state index in [1.54, 1.807) is 36.4 Å². The number of furan rings is 1. The summed E-state index contributed by atoms with van der Waals surface area (Å²) in [5.41, 5.74) is 0.0782. The number of carbonyl (C=O) groups is 3. The van der Waals surface area contributed by atoms with Gasteiger partial charge >= 0.3 is 0 Å². The summed E-state index contributed by atoms with van der Waals surface area (Å²) in [7, 11) is 0. The predicted molar refractivity (Wildman–Crippen MR) is 113 cm³/mol. The van der Waals surface area contributed by atoms with E-state index in [-0.39, 0.29) is 41.5 Å². The van der Waals surface area contributed by atoms with Crippen LogP contribution in [0.15, 0.2) is 47.1 Å². The molecule has 0 radical (unpaired) electrons. The number of amides is 3. The van der Waals surface area contributed by atoms with Crippen molar-refractivity contribution in [2.75, 3.05) is 4.90 Å². The molecule has 2 fully saturated rings. The van der Waals surface area contributed by atoms with Crippen LogP contribution >= 0.6 is 11.6 Å². The van der Waals surface area contributed by atoms with Crippen LogP contribution in [0.1, 0.15) is 39.9 Å². The lowest BCUT2D eigenvalue weighted by molar-refractivity contribution is -0.141. The normalized spacial score (nSPS) is 22.4. The molecule has 0 bridgehead atoms. The second-order valence-electron chi connectivity index (χ2n) is 9.19. The molecule has 0 N–H and O–H groups in total. The van der Waals surface area contributed by atoms with Crippen molar-refractivity contribution < 1.29 is 18.8 Å². The van der Waals surface area contributed by atoms with Crippen molar-refractivity contribution in [3.05, 3.63) is 53.4 Å². The molecule has 1 unspecified atom stereocenters. The third kappa shape index (κ3) is 3.14. The van der Waals surface area contributed by atoms with Gasteiger partial charge in [-0.15, -0.1) is 0 Å². The standard InChI is InChI=1S/C23H25ClN2O4/c1-22(2)19(23(22,3)4)21(29)25(13-16-6-5-11-30-16)17-12-18(27)26(20(17)28)15-9-7-14(24)8-10-15/h5-11,17,19H,12-13H2,1-4H3. The summed E-state index contributed by atoms with van der Waals surface area (Å²) < 4.78 is 5.45. The molecule has 30 heavy (non-hydrogen) atoms. The molecule has 158 valence electrons. The molecule has 1 aliphatic heterocycles. The number of benzene rings is 1. The van der Waals surface area contributed by atoms with Gasteiger partial charge in [-0.3, -0.25) is 14.4 Å². The van der Waals surface area contributed by atoms with Crippen molar-refractivity contribution in [3.8, 4) is 0 Å². The van der Waals surface area contributed by atoms with Crippen LogP contribution in [0.2, 0.25) is 5.02 Å². The van der Waals surface area contributed by atoms with Crippen LogP contribution in [-0.4, -0.2) is 28.7 Å². The smallest absolute Gasteiger partial charge is 0.257 e. The third-order valence-electron chi connectivity index (χ3n) is 7.04. The third-order valence-corrected chi connectivity index (χ3v) is 7.29. The first-order valence-electron chi connectivity index (χ1n) is 10.0. The maximum atomic E-state index is 13.6. The maximum absolute atomic E-state index is 13.6. The Kier molecular flexibility index (Phi) is 4.81. The number of halogens is 1. The lowest BCUT2D eigenvalue weighted by Gasteiger charge is -2.28. The minimum Gasteiger partial charge on any atom is -0.467 e. The van der Waals surface area contributed by atoms with Gasteiger partial charge in [0.05, 0.1) is 24.9 Å². The first kappa shape index (κ1) is 20.7. The molecule has 3 amide bonds. The van der Waals surface area contributed by atoms with Crippen LogP contribution in [0.25, 0.3) is 0 Å². The number of anilines is 1. The molecule has 2 heterocycles. The van der Waals surface area contributed by atoms with Crippen molar-refractivity contribution in [1.29, 1.82) is 0 Å². The zero-order valence-electron chi connectivity index (χ0n) is 17.5. The zero-order chi connectivity index (χ0) is 21.8. The van der Waals surface area contributed by atoms with Crippen LogP contribution in [0.4, 0.5) is 5.69 Å². The molecule has 6 nitrogen and oxygen atoms in total. The summed E-state index contributed by atoms with van der Waals surface area (Å²) in [5.74, 6) is -0.514. The fourth-order valence-electron chi connectivity index (χ4n) is 4.61. The van der Waals surface area contributed by atoms with Crippen LogP contribution in [0.5, 0.6) is 0 Å². The molecule has 1 saturated carbocycles. The Hall–Kier alpha value is -2.60. The van der Waals surface area contributed by atoms with E-state index in [1.165, 1.54) is 11.2 Å². The molecule has 0 spiro atoms. The van der Waals surface area contributed by atoms with Gasteiger partial charge < -0.3 is 9.32 Å². The SMILES string of the molecule is CC1(C)C(C(=O)N(Cc2ccco2)C2CC(=O)N(c3ccc(Cl)cc3)C2=O)C1(C)C. The number of imide groups is 1. The molecule has 1 atom stereocenters. The Morgan fingerprint density at radius 3 is 2.30 bits per heavy atom. The monoisotopic (exact) mass is 428 g/mol. The van der Waals surface area contributed by atoms with Gasteiger partial charge in [-0.2, -0.15) is 0 Å². The Balaban J connectivity index is 1.65. The number of carbonyl (C=O) groups excluding carboxylic acids is 3. The van der Waals surface area contributed by atoms with E-state index in [0.717, 1.165) is 4.90 Å². The van der Waals surface area contributed by atoms with E-state index in [0.29, 0.717) is 16.5 Å². The predicted octanol–water partition coefficient (Wildman–Crippen LogP) is 4.28. The molecule has 1 saturated heterocycles. The second kappa shape index (κ2) is 6.98. The highest BCUT2D eigenvalue weighted by molar-refractivity contribution is 6.30. The van der Waals surface area contributed by atoms with Gasteiger partial charge in [0.25, 0.3) is 5.91 Å². The first-order valence-corrected chi connectivity index (χ1v) is 10.4. The Morgan fingerprint density at radius 1 is 1.13 bits per heavy atom. The van der Waals surface area contributed by atoms with Crippen molar-refractivity contribution >= 4 is 35.0 Å². The van der Waals surface area contributed by atoms with Gasteiger partial charge in [0.2, 0.25) is 11.8 Å². The summed E-state index contributed by atoms with van der Waals surface area (Å²) >= 11 is 5.93. The highest BCUT2D eigenvalue weighted by atomic mass is 35.5. The van der Waals surface area contributed by atoms with Gasteiger partial charge in [-0.25, -0.2) is 4.90 Å². The molecule has 7 heteroatoms. The van der Waals surface area contributed by atoms with Crippen molar-refractivity contribution in [3.63, 3.8) is 0 Å². The Bertz CT molecular complexity index is 981. The van der Waals surface area contributed by atoms with Gasteiger partial charge in [0.15, 0.2) is 0 Å². The lowest BCUT2D eigenvalue weighted by atomic mass is 10.0. The van der Waals surface area contributed by atoms with E-state index < -0.39 is 11.9 Å². The molecule has 2 aromatic rings. The molecule has 1 aromatic heterocycles. The maximum Gasteiger partial charge on any atom is 0.257 e. The quantitative estimate of drug-likeness (QED) is 0.666. The van der Waals surface area contributed by atoms with Crippen molar-refractivity contribution in [2.45, 2.75) is 46.7 Å². The number of nitrogens with zero attached hydrogens (tertiary/aromatic N) is 2. The molecular formula is C23H25ClN2O4. The van der Waals surface area contributed by atoms with Gasteiger partial charge in [-0.05, 0) is 47.2 Å². The van der Waals surface area contributed by atoms with Crippen molar-refractivity contribution in [2.24, 2.45) is 16.7 Å². The summed E-state index contributed by atoms with van der Waals surface area (Å²) in [4.78, 5) is 42.3. The van der Waals surface area contributed by atoms with Gasteiger partial charge in [0.1, 0.15) is 11.8 Å². The van der Waals surface area contributed by atoms with Gasteiger partial charge in [0, 0.05) is 10.9 Å².